The molecule has 2 aliphatic carbocycles. The highest BCUT2D eigenvalue weighted by molar-refractivity contribution is 5.89. The number of hydrogen-bond donors (Lipinski definition) is 0. The summed E-state index contributed by atoms with van der Waals surface area (Å²) in [5.41, 5.74) is 4.25. The molecule has 3 rings (SSSR count). The minimum Gasteiger partial charge on any atom is -0.462 e. The molecule has 0 heterocycles. The average molecular weight is 423 g/mol. The van der Waals surface area contributed by atoms with Crippen LogP contribution in [0.1, 0.15) is 108 Å². The van der Waals surface area contributed by atoms with Crippen molar-refractivity contribution in [3.05, 3.63) is 53.1 Å². The summed E-state index contributed by atoms with van der Waals surface area (Å²) in [4.78, 5) is 12.2. The van der Waals surface area contributed by atoms with E-state index in [0.717, 1.165) is 18.4 Å². The van der Waals surface area contributed by atoms with Crippen molar-refractivity contribution in [2.75, 3.05) is 6.61 Å². The lowest BCUT2D eigenvalue weighted by atomic mass is 9.63. The van der Waals surface area contributed by atoms with Gasteiger partial charge in [0, 0.05) is 0 Å². The van der Waals surface area contributed by atoms with Gasteiger partial charge in [-0.05, 0) is 66.5 Å². The van der Waals surface area contributed by atoms with Gasteiger partial charge in [-0.2, -0.15) is 0 Å². The van der Waals surface area contributed by atoms with Gasteiger partial charge in [-0.15, -0.1) is 0 Å². The maximum Gasteiger partial charge on any atom is 0.338 e. The zero-order valence-corrected chi connectivity index (χ0v) is 20.4. The van der Waals surface area contributed by atoms with E-state index in [0.29, 0.717) is 28.4 Å². The topological polar surface area (TPSA) is 26.3 Å². The summed E-state index contributed by atoms with van der Waals surface area (Å²) in [5, 5.41) is 0. The Hall–Kier alpha value is -1.83. The second kappa shape index (κ2) is 9.76. The SMILES string of the molecule is CCCCCCCOC(=O)c1ccc(C=C(C)C=CC23CC2(C)CCCC3(C)C)cc1. The molecule has 2 fully saturated rings. The molecule has 1 aromatic rings. The minimum atomic E-state index is -0.214. The number of ether oxygens (including phenoxy) is 1. The van der Waals surface area contributed by atoms with Crippen LogP contribution in [0.4, 0.5) is 0 Å². The standard InChI is InChI=1S/C29H42O2/c1-6-7-8-9-10-20-31-26(30)25-14-12-24(13-15-25)21-23(2)16-19-29-22-28(29,5)18-11-17-27(29,3)4/h12-16,19,21H,6-11,17-18,20,22H2,1-5H3. The van der Waals surface area contributed by atoms with Gasteiger partial charge in [-0.1, -0.05) is 95.7 Å². The van der Waals surface area contributed by atoms with Crippen LogP contribution in [0.5, 0.6) is 0 Å². The third-order valence-electron chi connectivity index (χ3n) is 8.01. The summed E-state index contributed by atoms with van der Waals surface area (Å²) in [7, 11) is 0. The fraction of sp³-hybridized carbons (Fsp3) is 0.621. The van der Waals surface area contributed by atoms with Gasteiger partial charge in [-0.3, -0.25) is 0 Å². The molecule has 0 N–H and O–H groups in total. The van der Waals surface area contributed by atoms with Gasteiger partial charge in [0.05, 0.1) is 12.2 Å². The number of esters is 1. The largest absolute Gasteiger partial charge is 0.462 e. The predicted molar refractivity (Wildman–Crippen MR) is 131 cm³/mol. The first kappa shape index (κ1) is 23.8. The van der Waals surface area contributed by atoms with Crippen LogP contribution < -0.4 is 0 Å². The normalized spacial score (nSPS) is 27.2. The Morgan fingerprint density at radius 3 is 2.42 bits per heavy atom. The van der Waals surface area contributed by atoms with Crippen molar-refractivity contribution in [1.82, 2.24) is 0 Å². The maximum absolute atomic E-state index is 12.2. The molecule has 2 atom stereocenters. The van der Waals surface area contributed by atoms with E-state index in [2.05, 4.69) is 52.8 Å². The third-order valence-corrected chi connectivity index (χ3v) is 8.01. The molecule has 2 aliphatic rings. The second-order valence-corrected chi connectivity index (χ2v) is 10.8. The molecule has 1 aromatic carbocycles. The number of fused-ring (bicyclic) bond motifs is 1. The van der Waals surface area contributed by atoms with Gasteiger partial charge in [0.2, 0.25) is 0 Å². The van der Waals surface area contributed by atoms with Crippen molar-refractivity contribution in [2.45, 2.75) is 92.4 Å². The van der Waals surface area contributed by atoms with Crippen LogP contribution in [0.25, 0.3) is 6.08 Å². The molecule has 0 bridgehead atoms. The quantitative estimate of drug-likeness (QED) is 0.215. The Morgan fingerprint density at radius 2 is 1.74 bits per heavy atom. The molecule has 0 aliphatic heterocycles. The van der Waals surface area contributed by atoms with Gasteiger partial charge in [0.1, 0.15) is 0 Å². The second-order valence-electron chi connectivity index (χ2n) is 10.8. The van der Waals surface area contributed by atoms with Crippen LogP contribution >= 0.6 is 0 Å². The lowest BCUT2D eigenvalue weighted by Gasteiger charge is -2.41. The third kappa shape index (κ3) is 5.33. The number of rotatable bonds is 10. The van der Waals surface area contributed by atoms with E-state index < -0.39 is 0 Å². The van der Waals surface area contributed by atoms with E-state index >= 15 is 0 Å². The number of carbonyl (C=O) groups is 1. The fourth-order valence-corrected chi connectivity index (χ4v) is 5.82. The molecular weight excluding hydrogens is 380 g/mol. The number of allylic oxidation sites excluding steroid dienone is 3. The maximum atomic E-state index is 12.2. The Labute approximate surface area is 190 Å². The van der Waals surface area contributed by atoms with Crippen molar-refractivity contribution in [3.8, 4) is 0 Å². The lowest BCUT2D eigenvalue weighted by molar-refractivity contribution is 0.0497. The van der Waals surface area contributed by atoms with Crippen molar-refractivity contribution >= 4 is 12.0 Å². The minimum absolute atomic E-state index is 0.214. The van der Waals surface area contributed by atoms with Crippen LogP contribution in [0.15, 0.2) is 42.0 Å². The van der Waals surface area contributed by atoms with Gasteiger partial charge in [-0.25, -0.2) is 4.79 Å². The van der Waals surface area contributed by atoms with E-state index in [-0.39, 0.29) is 5.97 Å². The van der Waals surface area contributed by atoms with E-state index in [1.807, 2.05) is 24.3 Å². The van der Waals surface area contributed by atoms with Gasteiger partial charge in [0.25, 0.3) is 0 Å². The summed E-state index contributed by atoms with van der Waals surface area (Å²) in [6.45, 7) is 12.3. The van der Waals surface area contributed by atoms with Gasteiger partial charge < -0.3 is 4.74 Å². The molecule has 2 heteroatoms. The first-order valence-corrected chi connectivity index (χ1v) is 12.4. The Kier molecular flexibility index (Phi) is 7.50. The highest BCUT2D eigenvalue weighted by Crippen LogP contribution is 2.78. The zero-order valence-electron chi connectivity index (χ0n) is 20.4. The van der Waals surface area contributed by atoms with Crippen molar-refractivity contribution in [2.24, 2.45) is 16.2 Å². The van der Waals surface area contributed by atoms with Crippen molar-refractivity contribution in [1.29, 1.82) is 0 Å². The van der Waals surface area contributed by atoms with E-state index in [1.54, 1.807) is 0 Å². The van der Waals surface area contributed by atoms with E-state index in [1.165, 1.54) is 50.5 Å². The number of unbranched alkanes of at least 4 members (excludes halogenated alkanes) is 4. The molecule has 0 radical (unpaired) electrons. The molecule has 170 valence electrons. The molecule has 0 amide bonds. The number of carbonyl (C=O) groups excluding carboxylic acids is 1. The summed E-state index contributed by atoms with van der Waals surface area (Å²) in [6.07, 6.45) is 18.2. The van der Waals surface area contributed by atoms with Crippen LogP contribution in [-0.4, -0.2) is 12.6 Å². The Balaban J connectivity index is 1.54. The molecule has 2 nitrogen and oxygen atoms in total. The zero-order chi connectivity index (χ0) is 22.5. The highest BCUT2D eigenvalue weighted by Gasteiger charge is 2.69. The first-order chi connectivity index (χ1) is 14.7. The molecule has 0 aromatic heterocycles. The predicted octanol–water partition coefficient (Wildman–Crippen LogP) is 8.38. The van der Waals surface area contributed by atoms with Crippen LogP contribution in [0.2, 0.25) is 0 Å². The summed E-state index contributed by atoms with van der Waals surface area (Å²) < 4.78 is 5.41. The monoisotopic (exact) mass is 422 g/mol. The van der Waals surface area contributed by atoms with Crippen LogP contribution in [0, 0.1) is 16.2 Å². The molecule has 2 saturated carbocycles. The van der Waals surface area contributed by atoms with Crippen molar-refractivity contribution in [3.63, 3.8) is 0 Å². The fourth-order valence-electron chi connectivity index (χ4n) is 5.82. The lowest BCUT2D eigenvalue weighted by Crippen LogP contribution is -2.32. The highest BCUT2D eigenvalue weighted by atomic mass is 16.5. The van der Waals surface area contributed by atoms with Crippen LogP contribution in [0.3, 0.4) is 0 Å². The van der Waals surface area contributed by atoms with Gasteiger partial charge in [0.15, 0.2) is 0 Å². The summed E-state index contributed by atoms with van der Waals surface area (Å²) in [6, 6.07) is 7.78. The Morgan fingerprint density at radius 1 is 1.03 bits per heavy atom. The smallest absolute Gasteiger partial charge is 0.338 e. The van der Waals surface area contributed by atoms with E-state index in [4.69, 9.17) is 4.74 Å². The number of hydrogen-bond acceptors (Lipinski definition) is 2. The molecule has 2 unspecified atom stereocenters. The van der Waals surface area contributed by atoms with Crippen LogP contribution in [-0.2, 0) is 4.74 Å². The molecule has 0 spiro atoms. The van der Waals surface area contributed by atoms with Gasteiger partial charge >= 0.3 is 5.97 Å². The van der Waals surface area contributed by atoms with Crippen molar-refractivity contribution < 1.29 is 9.53 Å². The average Bonchev–Trinajstić information content (AvgIpc) is 3.37. The molecule has 31 heavy (non-hydrogen) atoms. The molecular formula is C29H42O2. The summed E-state index contributed by atoms with van der Waals surface area (Å²) in [5.74, 6) is -0.214. The first-order valence-electron chi connectivity index (χ1n) is 12.4. The van der Waals surface area contributed by atoms with E-state index in [9.17, 15) is 4.79 Å². The number of benzene rings is 1. The summed E-state index contributed by atoms with van der Waals surface area (Å²) >= 11 is 0. The molecule has 0 saturated heterocycles. The Bertz CT molecular complexity index is 814.